The van der Waals surface area contributed by atoms with E-state index in [0.717, 1.165) is 40.8 Å². The minimum absolute atomic E-state index is 0.425. The lowest BCUT2D eigenvalue weighted by atomic mass is 9.96. The summed E-state index contributed by atoms with van der Waals surface area (Å²) >= 11 is 0. The van der Waals surface area contributed by atoms with Crippen molar-refractivity contribution in [2.75, 3.05) is 18.9 Å². The second-order valence-electron chi connectivity index (χ2n) is 7.62. The Kier molecular flexibility index (Phi) is 5.46. The first-order valence-electron chi connectivity index (χ1n) is 9.97. The molecule has 1 aliphatic rings. The monoisotopic (exact) mass is 404 g/mol. The van der Waals surface area contributed by atoms with Crippen LogP contribution in [-0.2, 0) is 22.5 Å². The topological polar surface area (TPSA) is 84.4 Å². The quantitative estimate of drug-likeness (QED) is 0.673. The van der Waals surface area contributed by atoms with Gasteiger partial charge in [0.1, 0.15) is 5.82 Å². The first-order valence-corrected chi connectivity index (χ1v) is 9.97. The summed E-state index contributed by atoms with van der Waals surface area (Å²) in [5.74, 6) is -0.512. The molecule has 2 aromatic heterocycles. The van der Waals surface area contributed by atoms with Crippen molar-refractivity contribution in [1.82, 2.24) is 14.9 Å². The number of benzene rings is 1. The Balaban J connectivity index is 1.61. The van der Waals surface area contributed by atoms with Crippen molar-refractivity contribution in [3.63, 3.8) is 0 Å². The molecule has 0 saturated heterocycles. The smallest absolute Gasteiger partial charge is 0.339 e. The average molecular weight is 404 g/mol. The van der Waals surface area contributed by atoms with Gasteiger partial charge in [0.05, 0.1) is 11.1 Å². The van der Waals surface area contributed by atoms with Crippen LogP contribution in [0.4, 0.5) is 5.82 Å². The van der Waals surface area contributed by atoms with Gasteiger partial charge in [0.25, 0.3) is 5.91 Å². The fraction of sp³-hybridized carbons (Fsp3) is 0.304. The molecular formula is C23H24N4O3. The van der Waals surface area contributed by atoms with E-state index in [1.807, 2.05) is 44.3 Å². The third-order valence-electron chi connectivity index (χ3n) is 5.23. The summed E-state index contributed by atoms with van der Waals surface area (Å²) in [5, 5.41) is 3.44. The predicted molar refractivity (Wildman–Crippen MR) is 114 cm³/mol. The summed E-state index contributed by atoms with van der Waals surface area (Å²) in [7, 11) is 2.01. The van der Waals surface area contributed by atoms with Crippen molar-refractivity contribution >= 4 is 28.6 Å². The van der Waals surface area contributed by atoms with Gasteiger partial charge >= 0.3 is 5.97 Å². The number of hydrogen-bond donors (Lipinski definition) is 1. The van der Waals surface area contributed by atoms with Gasteiger partial charge in [-0.2, -0.15) is 0 Å². The average Bonchev–Trinajstić information content (AvgIpc) is 2.72. The molecule has 7 nitrogen and oxygen atoms in total. The van der Waals surface area contributed by atoms with Gasteiger partial charge in [-0.25, -0.2) is 9.78 Å². The fourth-order valence-electron chi connectivity index (χ4n) is 3.67. The molecule has 154 valence electrons. The van der Waals surface area contributed by atoms with Crippen LogP contribution >= 0.6 is 0 Å². The Morgan fingerprint density at radius 1 is 1.13 bits per heavy atom. The number of likely N-dealkylation sites (N-methyl/N-ethyl adjacent to an activating group) is 1. The lowest BCUT2D eigenvalue weighted by Crippen LogP contribution is -2.32. The molecule has 0 spiro atoms. The highest BCUT2D eigenvalue weighted by Crippen LogP contribution is 2.28. The maximum absolute atomic E-state index is 13.2. The van der Waals surface area contributed by atoms with Gasteiger partial charge in [-0.3, -0.25) is 9.78 Å². The van der Waals surface area contributed by atoms with Gasteiger partial charge in [0.2, 0.25) is 0 Å². The zero-order chi connectivity index (χ0) is 21.3. The van der Waals surface area contributed by atoms with Crippen LogP contribution in [0.3, 0.4) is 0 Å². The van der Waals surface area contributed by atoms with E-state index >= 15 is 0 Å². The molecular weight excluding hydrogens is 380 g/mol. The minimum atomic E-state index is -0.969. The van der Waals surface area contributed by atoms with Crippen LogP contribution in [0.5, 0.6) is 0 Å². The van der Waals surface area contributed by atoms with E-state index < -0.39 is 18.0 Å². The summed E-state index contributed by atoms with van der Waals surface area (Å²) in [6, 6.07) is 12.9. The Morgan fingerprint density at radius 2 is 1.93 bits per heavy atom. The highest BCUT2D eigenvalue weighted by atomic mass is 16.5. The van der Waals surface area contributed by atoms with Crippen LogP contribution in [-0.4, -0.2) is 46.4 Å². The van der Waals surface area contributed by atoms with Gasteiger partial charge < -0.3 is 15.0 Å². The van der Waals surface area contributed by atoms with Crippen LogP contribution < -0.4 is 5.32 Å². The van der Waals surface area contributed by atoms with Crippen molar-refractivity contribution < 1.29 is 14.3 Å². The Bertz CT molecular complexity index is 1130. The number of hydrogen-bond acceptors (Lipinski definition) is 6. The predicted octanol–water partition coefficient (Wildman–Crippen LogP) is 3.11. The van der Waals surface area contributed by atoms with E-state index in [1.54, 1.807) is 19.1 Å². The zero-order valence-electron chi connectivity index (χ0n) is 17.3. The van der Waals surface area contributed by atoms with E-state index in [-0.39, 0.29) is 0 Å². The van der Waals surface area contributed by atoms with Crippen molar-refractivity contribution in [1.29, 1.82) is 0 Å². The summed E-state index contributed by atoms with van der Waals surface area (Å²) in [6.07, 6.45) is -0.199. The molecule has 3 aromatic rings. The Labute approximate surface area is 175 Å². The van der Waals surface area contributed by atoms with E-state index in [2.05, 4.69) is 15.2 Å². The second-order valence-corrected chi connectivity index (χ2v) is 7.62. The number of carbonyl (C=O) groups is 2. The lowest BCUT2D eigenvalue weighted by molar-refractivity contribution is -0.123. The molecule has 30 heavy (non-hydrogen) atoms. The van der Waals surface area contributed by atoms with Crippen LogP contribution in [0.15, 0.2) is 42.5 Å². The molecule has 1 aliphatic heterocycles. The molecule has 1 amide bonds. The largest absolute Gasteiger partial charge is 0.449 e. The molecule has 0 fully saturated rings. The maximum atomic E-state index is 13.2. The summed E-state index contributed by atoms with van der Waals surface area (Å²) in [4.78, 5) is 36.9. The first-order chi connectivity index (χ1) is 14.4. The number of para-hydroxylation sites is 1. The van der Waals surface area contributed by atoms with Gasteiger partial charge in [0.15, 0.2) is 6.10 Å². The summed E-state index contributed by atoms with van der Waals surface area (Å²) in [6.45, 7) is 4.90. The molecule has 0 aliphatic carbocycles. The van der Waals surface area contributed by atoms with Crippen LogP contribution in [0.25, 0.3) is 10.9 Å². The first kappa shape index (κ1) is 20.0. The number of aromatic nitrogens is 2. The molecule has 7 heteroatoms. The van der Waals surface area contributed by atoms with Gasteiger partial charge in [-0.05, 0) is 39.1 Å². The van der Waals surface area contributed by atoms with Gasteiger partial charge in [-0.15, -0.1) is 0 Å². The number of fused-ring (bicyclic) bond motifs is 2. The number of carbonyl (C=O) groups excluding carboxylic acids is 2. The molecule has 1 aromatic carbocycles. The maximum Gasteiger partial charge on any atom is 0.339 e. The van der Waals surface area contributed by atoms with Crippen LogP contribution in [0, 0.1) is 6.92 Å². The molecule has 0 saturated carbocycles. The third kappa shape index (κ3) is 4.02. The molecule has 4 rings (SSSR count). The number of esters is 1. The highest BCUT2D eigenvalue weighted by Gasteiger charge is 2.27. The van der Waals surface area contributed by atoms with Crippen molar-refractivity contribution in [3.05, 3.63) is 65.0 Å². The normalized spacial score (nSPS) is 14.8. The third-order valence-corrected chi connectivity index (χ3v) is 5.23. The van der Waals surface area contributed by atoms with Crippen molar-refractivity contribution in [2.45, 2.75) is 32.9 Å². The van der Waals surface area contributed by atoms with E-state index in [0.29, 0.717) is 17.9 Å². The standard InChI is InChI=1S/C23H24N4O3/c1-14-7-6-10-20(24-14)26-22(28)15(2)30-23(29)21-16-8-4-5-9-18(16)25-19-11-12-27(3)13-17(19)21/h4-10,15H,11-13H2,1-3H3,(H,24,26,28). The SMILES string of the molecule is Cc1cccc(NC(=O)C(C)OC(=O)c2c3c(nc4ccccc24)CCN(C)C3)n1. The van der Waals surface area contributed by atoms with Crippen molar-refractivity contribution in [2.24, 2.45) is 0 Å². The molecule has 0 radical (unpaired) electrons. The van der Waals surface area contributed by atoms with E-state index in [9.17, 15) is 9.59 Å². The van der Waals surface area contributed by atoms with E-state index in [4.69, 9.17) is 9.72 Å². The zero-order valence-corrected chi connectivity index (χ0v) is 17.3. The van der Waals surface area contributed by atoms with Crippen molar-refractivity contribution in [3.8, 4) is 0 Å². The second kappa shape index (κ2) is 8.20. The number of nitrogens with zero attached hydrogens (tertiary/aromatic N) is 3. The van der Waals surface area contributed by atoms with Gasteiger partial charge in [-0.1, -0.05) is 24.3 Å². The fourth-order valence-corrected chi connectivity index (χ4v) is 3.67. The number of pyridine rings is 2. The molecule has 1 N–H and O–H groups in total. The van der Waals surface area contributed by atoms with Crippen LogP contribution in [0.1, 0.15) is 34.2 Å². The number of amides is 1. The Morgan fingerprint density at radius 3 is 2.73 bits per heavy atom. The molecule has 1 atom stereocenters. The number of aryl methyl sites for hydroxylation is 1. The number of ether oxygens (including phenoxy) is 1. The molecule has 3 heterocycles. The summed E-state index contributed by atoms with van der Waals surface area (Å²) < 4.78 is 5.59. The Hall–Kier alpha value is -3.32. The van der Waals surface area contributed by atoms with E-state index in [1.165, 1.54) is 0 Å². The van der Waals surface area contributed by atoms with Gasteiger partial charge in [0, 0.05) is 41.8 Å². The summed E-state index contributed by atoms with van der Waals surface area (Å²) in [5.41, 5.74) is 3.83. The molecule has 0 bridgehead atoms. The highest BCUT2D eigenvalue weighted by molar-refractivity contribution is 6.06. The number of nitrogens with one attached hydrogen (secondary N) is 1. The number of rotatable bonds is 4. The minimum Gasteiger partial charge on any atom is -0.449 e. The number of anilines is 1. The lowest BCUT2D eigenvalue weighted by Gasteiger charge is -2.27. The van der Waals surface area contributed by atoms with Crippen LogP contribution in [0.2, 0.25) is 0 Å². The molecule has 1 unspecified atom stereocenters.